The molecular formula is C12H19N3O. The number of hydrogen-bond donors (Lipinski definition) is 2. The Bertz CT molecular complexity index is 298. The molecule has 4 heteroatoms. The maximum absolute atomic E-state index is 5.73. The van der Waals surface area contributed by atoms with Crippen LogP contribution in [-0.2, 0) is 11.2 Å². The number of nitrogens with two attached hydrogens (primary N) is 1. The van der Waals surface area contributed by atoms with Gasteiger partial charge in [-0.2, -0.15) is 0 Å². The monoisotopic (exact) mass is 221 g/mol. The Hall–Kier alpha value is -0.970. The third kappa shape index (κ3) is 3.01. The van der Waals surface area contributed by atoms with E-state index in [1.54, 1.807) is 0 Å². The van der Waals surface area contributed by atoms with Crippen molar-refractivity contribution < 1.29 is 4.74 Å². The van der Waals surface area contributed by atoms with Crippen LogP contribution < -0.4 is 11.3 Å². The van der Waals surface area contributed by atoms with Crippen LogP contribution in [-0.4, -0.2) is 23.7 Å². The number of hydrogen-bond acceptors (Lipinski definition) is 4. The highest BCUT2D eigenvalue weighted by Gasteiger charge is 2.23. The Morgan fingerprint density at radius 2 is 2.44 bits per heavy atom. The van der Waals surface area contributed by atoms with E-state index < -0.39 is 0 Å². The molecular weight excluding hydrogens is 202 g/mol. The molecule has 1 aromatic heterocycles. The van der Waals surface area contributed by atoms with E-state index in [-0.39, 0.29) is 12.1 Å². The molecule has 2 unspecified atom stereocenters. The van der Waals surface area contributed by atoms with Crippen molar-refractivity contribution in [2.24, 2.45) is 5.84 Å². The smallest absolute Gasteiger partial charge is 0.0745 e. The van der Waals surface area contributed by atoms with Gasteiger partial charge in [0.1, 0.15) is 0 Å². The van der Waals surface area contributed by atoms with E-state index in [1.165, 1.54) is 6.42 Å². The summed E-state index contributed by atoms with van der Waals surface area (Å²) in [6.45, 7) is 0.852. The van der Waals surface area contributed by atoms with Crippen molar-refractivity contribution in [3.05, 3.63) is 30.1 Å². The van der Waals surface area contributed by atoms with Crippen molar-refractivity contribution in [1.29, 1.82) is 0 Å². The van der Waals surface area contributed by atoms with E-state index in [0.717, 1.165) is 31.6 Å². The summed E-state index contributed by atoms with van der Waals surface area (Å²) in [4.78, 5) is 4.31. The molecule has 1 aliphatic rings. The van der Waals surface area contributed by atoms with E-state index in [2.05, 4.69) is 10.4 Å². The number of nitrogens with one attached hydrogen (secondary N) is 1. The van der Waals surface area contributed by atoms with Gasteiger partial charge in [-0.3, -0.25) is 16.3 Å². The normalized spacial score (nSPS) is 22.9. The van der Waals surface area contributed by atoms with Gasteiger partial charge in [-0.15, -0.1) is 0 Å². The maximum atomic E-state index is 5.73. The lowest BCUT2D eigenvalue weighted by molar-refractivity contribution is -0.00762. The fourth-order valence-electron chi connectivity index (χ4n) is 2.12. The van der Waals surface area contributed by atoms with E-state index >= 15 is 0 Å². The minimum atomic E-state index is 0.162. The first-order valence-electron chi connectivity index (χ1n) is 5.88. The minimum absolute atomic E-state index is 0.162. The van der Waals surface area contributed by atoms with Gasteiger partial charge in [0.2, 0.25) is 0 Å². The van der Waals surface area contributed by atoms with Crippen LogP contribution in [0.4, 0.5) is 0 Å². The first-order chi connectivity index (χ1) is 7.90. The van der Waals surface area contributed by atoms with Crippen molar-refractivity contribution >= 4 is 0 Å². The molecule has 1 aliphatic heterocycles. The van der Waals surface area contributed by atoms with Crippen LogP contribution in [0, 0.1) is 0 Å². The lowest BCUT2D eigenvalue weighted by Crippen LogP contribution is -2.47. The molecule has 1 fully saturated rings. The third-order valence-corrected chi connectivity index (χ3v) is 3.03. The lowest BCUT2D eigenvalue weighted by Gasteiger charge is -2.29. The van der Waals surface area contributed by atoms with Gasteiger partial charge >= 0.3 is 0 Å². The molecule has 0 radical (unpaired) electrons. The second-order valence-electron chi connectivity index (χ2n) is 4.20. The van der Waals surface area contributed by atoms with E-state index in [1.807, 2.05) is 24.4 Å². The zero-order valence-corrected chi connectivity index (χ0v) is 9.43. The van der Waals surface area contributed by atoms with Gasteiger partial charge in [0.25, 0.3) is 0 Å². The van der Waals surface area contributed by atoms with Gasteiger partial charge < -0.3 is 4.74 Å². The van der Waals surface area contributed by atoms with Crippen molar-refractivity contribution in [3.63, 3.8) is 0 Å². The minimum Gasteiger partial charge on any atom is -0.377 e. The predicted molar refractivity (Wildman–Crippen MR) is 62.6 cm³/mol. The van der Waals surface area contributed by atoms with Crippen molar-refractivity contribution in [2.75, 3.05) is 6.61 Å². The van der Waals surface area contributed by atoms with Gasteiger partial charge in [-0.25, -0.2) is 0 Å². The molecule has 3 N–H and O–H groups in total. The first-order valence-corrected chi connectivity index (χ1v) is 5.88. The Morgan fingerprint density at radius 1 is 1.50 bits per heavy atom. The van der Waals surface area contributed by atoms with Crippen molar-refractivity contribution in [1.82, 2.24) is 10.4 Å². The SMILES string of the molecule is NNC(Cc1ccccn1)C1CCCCO1. The summed E-state index contributed by atoms with van der Waals surface area (Å²) in [5, 5.41) is 0. The lowest BCUT2D eigenvalue weighted by atomic mass is 9.98. The summed E-state index contributed by atoms with van der Waals surface area (Å²) in [7, 11) is 0. The summed E-state index contributed by atoms with van der Waals surface area (Å²) in [6.07, 6.45) is 6.33. The second kappa shape index (κ2) is 5.94. The molecule has 0 spiro atoms. The van der Waals surface area contributed by atoms with Gasteiger partial charge in [0, 0.05) is 24.9 Å². The van der Waals surface area contributed by atoms with Gasteiger partial charge in [-0.05, 0) is 31.4 Å². The molecule has 0 saturated carbocycles. The number of ether oxygens (including phenoxy) is 1. The van der Waals surface area contributed by atoms with E-state index in [0.29, 0.717) is 0 Å². The van der Waals surface area contributed by atoms with Crippen LogP contribution in [0.15, 0.2) is 24.4 Å². The third-order valence-electron chi connectivity index (χ3n) is 3.03. The van der Waals surface area contributed by atoms with Gasteiger partial charge in [0.15, 0.2) is 0 Å². The molecule has 0 bridgehead atoms. The van der Waals surface area contributed by atoms with Crippen LogP contribution in [0.3, 0.4) is 0 Å². The highest BCUT2D eigenvalue weighted by atomic mass is 16.5. The van der Waals surface area contributed by atoms with Crippen LogP contribution in [0.1, 0.15) is 25.0 Å². The molecule has 2 atom stereocenters. The number of rotatable bonds is 4. The predicted octanol–water partition coefficient (Wildman–Crippen LogP) is 1.03. The Labute approximate surface area is 96.2 Å². The van der Waals surface area contributed by atoms with Crippen LogP contribution >= 0.6 is 0 Å². The summed E-state index contributed by atoms with van der Waals surface area (Å²) >= 11 is 0. The fraction of sp³-hybridized carbons (Fsp3) is 0.583. The first kappa shape index (κ1) is 11.5. The zero-order valence-electron chi connectivity index (χ0n) is 9.43. The fourth-order valence-corrected chi connectivity index (χ4v) is 2.12. The molecule has 1 aromatic rings. The second-order valence-corrected chi connectivity index (χ2v) is 4.20. The van der Waals surface area contributed by atoms with Gasteiger partial charge in [-0.1, -0.05) is 6.07 Å². The van der Waals surface area contributed by atoms with Crippen LogP contribution in [0.2, 0.25) is 0 Å². The maximum Gasteiger partial charge on any atom is 0.0745 e. The molecule has 1 saturated heterocycles. The Kier molecular flexibility index (Phi) is 4.27. The molecule has 4 nitrogen and oxygen atoms in total. The number of nitrogens with zero attached hydrogens (tertiary/aromatic N) is 1. The topological polar surface area (TPSA) is 60.2 Å². The molecule has 88 valence electrons. The Morgan fingerprint density at radius 3 is 3.06 bits per heavy atom. The molecule has 0 aromatic carbocycles. The van der Waals surface area contributed by atoms with Gasteiger partial charge in [0.05, 0.1) is 12.1 Å². The summed E-state index contributed by atoms with van der Waals surface area (Å²) in [5.74, 6) is 5.59. The van der Waals surface area contributed by atoms with Crippen molar-refractivity contribution in [2.45, 2.75) is 37.8 Å². The molecule has 0 amide bonds. The Balaban J connectivity index is 1.94. The average molecular weight is 221 g/mol. The van der Waals surface area contributed by atoms with Crippen LogP contribution in [0.5, 0.6) is 0 Å². The molecule has 0 aliphatic carbocycles. The average Bonchev–Trinajstić information content (AvgIpc) is 2.38. The van der Waals surface area contributed by atoms with E-state index in [4.69, 9.17) is 10.6 Å². The number of aromatic nitrogens is 1. The van der Waals surface area contributed by atoms with E-state index in [9.17, 15) is 0 Å². The van der Waals surface area contributed by atoms with Crippen molar-refractivity contribution in [3.8, 4) is 0 Å². The highest BCUT2D eigenvalue weighted by molar-refractivity contribution is 5.06. The summed E-state index contributed by atoms with van der Waals surface area (Å²) in [5.41, 5.74) is 3.91. The summed E-state index contributed by atoms with van der Waals surface area (Å²) in [6, 6.07) is 6.10. The highest BCUT2D eigenvalue weighted by Crippen LogP contribution is 2.17. The number of hydrazine groups is 1. The molecule has 16 heavy (non-hydrogen) atoms. The zero-order chi connectivity index (χ0) is 11.2. The molecule has 2 heterocycles. The quantitative estimate of drug-likeness (QED) is 0.589. The summed E-state index contributed by atoms with van der Waals surface area (Å²) < 4.78 is 5.73. The largest absolute Gasteiger partial charge is 0.377 e. The number of pyridine rings is 1. The molecule has 2 rings (SSSR count). The standard InChI is InChI=1S/C12H19N3O/c13-15-11(12-6-2-4-8-16-12)9-10-5-1-3-7-14-10/h1,3,5,7,11-12,15H,2,4,6,8-9,13H2. The van der Waals surface area contributed by atoms with Crippen LogP contribution in [0.25, 0.3) is 0 Å².